The van der Waals surface area contributed by atoms with E-state index >= 15 is 0 Å². The minimum atomic E-state index is -0.239. The Morgan fingerprint density at radius 1 is 1.21 bits per heavy atom. The Labute approximate surface area is 144 Å². The molecule has 1 aliphatic heterocycles. The molecule has 4 nitrogen and oxygen atoms in total. The van der Waals surface area contributed by atoms with E-state index in [1.165, 1.54) is 12.1 Å². The second-order valence-electron chi connectivity index (χ2n) is 6.71. The van der Waals surface area contributed by atoms with Crippen LogP contribution in [0.5, 0.6) is 0 Å². The number of benzene rings is 1. The molecule has 1 aromatic carbocycles. The van der Waals surface area contributed by atoms with E-state index < -0.39 is 0 Å². The van der Waals surface area contributed by atoms with E-state index in [4.69, 9.17) is 4.74 Å². The van der Waals surface area contributed by atoms with Crippen LogP contribution in [0.15, 0.2) is 24.3 Å². The number of methoxy groups -OCH3 is 1. The van der Waals surface area contributed by atoms with Crippen molar-refractivity contribution in [3.05, 3.63) is 35.6 Å². The van der Waals surface area contributed by atoms with Gasteiger partial charge in [0.2, 0.25) is 5.91 Å². The molecule has 0 aromatic heterocycles. The van der Waals surface area contributed by atoms with Gasteiger partial charge >= 0.3 is 0 Å². The Morgan fingerprint density at radius 2 is 1.83 bits per heavy atom. The molecule has 1 aromatic rings. The highest BCUT2D eigenvalue weighted by Gasteiger charge is 2.30. The fourth-order valence-electron chi connectivity index (χ4n) is 3.45. The van der Waals surface area contributed by atoms with E-state index in [1.807, 2.05) is 4.90 Å². The van der Waals surface area contributed by atoms with Crippen molar-refractivity contribution in [2.45, 2.75) is 45.2 Å². The topological polar surface area (TPSA) is 32.8 Å². The van der Waals surface area contributed by atoms with Gasteiger partial charge in [-0.1, -0.05) is 12.1 Å². The van der Waals surface area contributed by atoms with Gasteiger partial charge in [0.1, 0.15) is 5.82 Å². The highest BCUT2D eigenvalue weighted by molar-refractivity contribution is 5.76. The van der Waals surface area contributed by atoms with E-state index in [2.05, 4.69) is 18.7 Å². The SMILES string of the molecule is COCCCN1C(C)CN(C(=O)CCc2ccc(F)cc2)CC1C. The third kappa shape index (κ3) is 5.28. The predicted octanol–water partition coefficient (Wildman–Crippen LogP) is 2.72. The molecule has 1 aliphatic rings. The summed E-state index contributed by atoms with van der Waals surface area (Å²) in [6.45, 7) is 7.70. The normalized spacial score (nSPS) is 21.9. The Balaban J connectivity index is 1.82. The molecule has 24 heavy (non-hydrogen) atoms. The van der Waals surface area contributed by atoms with Crippen molar-refractivity contribution in [1.82, 2.24) is 9.80 Å². The molecule has 0 radical (unpaired) electrons. The molecule has 2 rings (SSSR count). The maximum Gasteiger partial charge on any atom is 0.223 e. The highest BCUT2D eigenvalue weighted by atomic mass is 19.1. The van der Waals surface area contributed by atoms with Gasteiger partial charge in [-0.05, 0) is 44.4 Å². The summed E-state index contributed by atoms with van der Waals surface area (Å²) in [7, 11) is 1.73. The lowest BCUT2D eigenvalue weighted by molar-refractivity contribution is -0.135. The van der Waals surface area contributed by atoms with Crippen molar-refractivity contribution in [2.75, 3.05) is 33.4 Å². The minimum absolute atomic E-state index is 0.189. The molecule has 0 bridgehead atoms. The maximum atomic E-state index is 12.9. The van der Waals surface area contributed by atoms with Gasteiger partial charge in [-0.25, -0.2) is 4.39 Å². The average molecular weight is 336 g/mol. The molecular formula is C19H29FN2O2. The highest BCUT2D eigenvalue weighted by Crippen LogP contribution is 2.17. The summed E-state index contributed by atoms with van der Waals surface area (Å²) in [5.41, 5.74) is 1.00. The number of amides is 1. The van der Waals surface area contributed by atoms with Gasteiger partial charge in [-0.2, -0.15) is 0 Å². The largest absolute Gasteiger partial charge is 0.385 e. The molecule has 2 atom stereocenters. The molecule has 0 N–H and O–H groups in total. The summed E-state index contributed by atoms with van der Waals surface area (Å²) >= 11 is 0. The van der Waals surface area contributed by atoms with Crippen molar-refractivity contribution < 1.29 is 13.9 Å². The van der Waals surface area contributed by atoms with E-state index in [0.29, 0.717) is 24.9 Å². The first kappa shape index (κ1) is 18.9. The number of carbonyl (C=O) groups is 1. The number of halogens is 1. The van der Waals surface area contributed by atoms with Crippen LogP contribution in [0.2, 0.25) is 0 Å². The van der Waals surface area contributed by atoms with Crippen LogP contribution in [-0.4, -0.2) is 61.1 Å². The molecule has 1 fully saturated rings. The summed E-state index contributed by atoms with van der Waals surface area (Å²) in [5.74, 6) is -0.0492. The molecule has 0 saturated carbocycles. The Bertz CT molecular complexity index is 509. The van der Waals surface area contributed by atoms with Gasteiger partial charge in [-0.3, -0.25) is 9.69 Å². The molecule has 0 aliphatic carbocycles. The minimum Gasteiger partial charge on any atom is -0.385 e. The fraction of sp³-hybridized carbons (Fsp3) is 0.632. The number of nitrogens with zero attached hydrogens (tertiary/aromatic N) is 2. The monoisotopic (exact) mass is 336 g/mol. The first-order chi connectivity index (χ1) is 11.5. The fourth-order valence-corrected chi connectivity index (χ4v) is 3.45. The predicted molar refractivity (Wildman–Crippen MR) is 93.4 cm³/mol. The number of hydrogen-bond acceptors (Lipinski definition) is 3. The van der Waals surface area contributed by atoms with E-state index in [-0.39, 0.29) is 11.7 Å². The quantitative estimate of drug-likeness (QED) is 0.718. The summed E-state index contributed by atoms with van der Waals surface area (Å²) in [6, 6.07) is 7.12. The van der Waals surface area contributed by atoms with E-state index in [9.17, 15) is 9.18 Å². The van der Waals surface area contributed by atoms with Gasteiger partial charge in [0, 0.05) is 51.9 Å². The van der Waals surface area contributed by atoms with Crippen molar-refractivity contribution in [2.24, 2.45) is 0 Å². The second-order valence-corrected chi connectivity index (χ2v) is 6.71. The number of carbonyl (C=O) groups excluding carboxylic acids is 1. The summed E-state index contributed by atoms with van der Waals surface area (Å²) in [5, 5.41) is 0. The van der Waals surface area contributed by atoms with Crippen LogP contribution in [-0.2, 0) is 16.0 Å². The van der Waals surface area contributed by atoms with Crippen molar-refractivity contribution >= 4 is 5.91 Å². The second kappa shape index (κ2) is 9.14. The van der Waals surface area contributed by atoms with Gasteiger partial charge in [0.05, 0.1) is 0 Å². The molecule has 5 heteroatoms. The van der Waals surface area contributed by atoms with E-state index in [0.717, 1.165) is 38.2 Å². The van der Waals surface area contributed by atoms with Crippen LogP contribution in [0.1, 0.15) is 32.3 Å². The third-order valence-electron chi connectivity index (χ3n) is 4.76. The zero-order valence-electron chi connectivity index (χ0n) is 15.0. The first-order valence-corrected chi connectivity index (χ1v) is 8.78. The Morgan fingerprint density at radius 3 is 2.42 bits per heavy atom. The Hall–Kier alpha value is -1.46. The number of aryl methyl sites for hydroxylation is 1. The van der Waals surface area contributed by atoms with Crippen LogP contribution in [0.25, 0.3) is 0 Å². The summed E-state index contributed by atoms with van der Waals surface area (Å²) < 4.78 is 18.1. The lowest BCUT2D eigenvalue weighted by Crippen LogP contribution is -2.58. The summed E-state index contributed by atoms with van der Waals surface area (Å²) in [6.07, 6.45) is 2.16. The van der Waals surface area contributed by atoms with Crippen LogP contribution in [0, 0.1) is 5.82 Å². The lowest BCUT2D eigenvalue weighted by Gasteiger charge is -2.44. The average Bonchev–Trinajstić information content (AvgIpc) is 2.56. The van der Waals surface area contributed by atoms with Crippen LogP contribution < -0.4 is 0 Å². The van der Waals surface area contributed by atoms with Crippen LogP contribution in [0.4, 0.5) is 4.39 Å². The van der Waals surface area contributed by atoms with Crippen molar-refractivity contribution in [3.63, 3.8) is 0 Å². The van der Waals surface area contributed by atoms with Crippen molar-refractivity contribution in [3.8, 4) is 0 Å². The van der Waals surface area contributed by atoms with Crippen molar-refractivity contribution in [1.29, 1.82) is 0 Å². The smallest absolute Gasteiger partial charge is 0.223 e. The van der Waals surface area contributed by atoms with Gasteiger partial charge in [0.15, 0.2) is 0 Å². The van der Waals surface area contributed by atoms with Crippen LogP contribution in [0.3, 0.4) is 0 Å². The number of ether oxygens (including phenoxy) is 1. The zero-order valence-corrected chi connectivity index (χ0v) is 15.0. The molecule has 134 valence electrons. The van der Waals surface area contributed by atoms with Gasteiger partial charge < -0.3 is 9.64 Å². The molecule has 1 amide bonds. The standard InChI is InChI=1S/C19H29FN2O2/c1-15-13-21(14-16(2)22(15)11-4-12-24-3)19(23)10-7-17-5-8-18(20)9-6-17/h5-6,8-9,15-16H,4,7,10-14H2,1-3H3. The number of hydrogen-bond donors (Lipinski definition) is 0. The van der Waals surface area contributed by atoms with Crippen LogP contribution >= 0.6 is 0 Å². The third-order valence-corrected chi connectivity index (χ3v) is 4.76. The Kier molecular flexibility index (Phi) is 7.18. The van der Waals surface area contributed by atoms with Gasteiger partial charge in [-0.15, -0.1) is 0 Å². The number of piperazine rings is 1. The lowest BCUT2D eigenvalue weighted by atomic mass is 10.1. The molecular weight excluding hydrogens is 307 g/mol. The molecule has 0 spiro atoms. The molecule has 1 saturated heterocycles. The van der Waals surface area contributed by atoms with E-state index in [1.54, 1.807) is 19.2 Å². The zero-order chi connectivity index (χ0) is 17.5. The van der Waals surface area contributed by atoms with Gasteiger partial charge in [0.25, 0.3) is 0 Å². The molecule has 1 heterocycles. The first-order valence-electron chi connectivity index (χ1n) is 8.78. The maximum absolute atomic E-state index is 12.9. The number of rotatable bonds is 7. The summed E-state index contributed by atoms with van der Waals surface area (Å²) in [4.78, 5) is 16.9. The molecule has 2 unspecified atom stereocenters.